The molecule has 2 heterocycles. The van der Waals surface area contributed by atoms with Crippen molar-refractivity contribution in [2.45, 2.75) is 58.7 Å². The lowest BCUT2D eigenvalue weighted by Gasteiger charge is -2.32. The van der Waals surface area contributed by atoms with Crippen LogP contribution in [-0.4, -0.2) is 6.71 Å². The van der Waals surface area contributed by atoms with Gasteiger partial charge in [0.05, 0.1) is 11.3 Å². The minimum absolute atomic E-state index is 0.161. The predicted octanol–water partition coefficient (Wildman–Crippen LogP) is 2.06. The monoisotopic (exact) mass is 297 g/mol. The Bertz CT molecular complexity index is 716. The van der Waals surface area contributed by atoms with Crippen molar-refractivity contribution in [2.75, 3.05) is 5.84 Å². The fraction of sp³-hybridized carbons (Fsp3) is 0.500. The molecule has 0 saturated carbocycles. The third kappa shape index (κ3) is 1.93. The van der Waals surface area contributed by atoms with Crippen LogP contribution in [0.4, 0.5) is 0 Å². The van der Waals surface area contributed by atoms with Gasteiger partial charge in [0.2, 0.25) is 5.59 Å². The summed E-state index contributed by atoms with van der Waals surface area (Å²) in [6, 6.07) is 8.71. The molecule has 0 aliphatic carbocycles. The van der Waals surface area contributed by atoms with Crippen LogP contribution in [0.15, 0.2) is 28.7 Å². The molecule has 0 unspecified atom stereocenters. The highest BCUT2D eigenvalue weighted by atomic mass is 16.4. The zero-order valence-electron chi connectivity index (χ0n) is 14.5. The molecule has 116 valence electrons. The number of rotatable bonds is 2. The van der Waals surface area contributed by atoms with E-state index in [1.54, 1.807) is 0 Å². The van der Waals surface area contributed by atoms with Gasteiger partial charge >= 0.3 is 12.6 Å². The third-order valence-electron chi connectivity index (χ3n) is 4.93. The Hall–Kier alpha value is -1.71. The molecule has 0 bridgehead atoms. The van der Waals surface area contributed by atoms with Crippen LogP contribution in [0.3, 0.4) is 0 Å². The lowest BCUT2D eigenvalue weighted by Crippen LogP contribution is -2.70. The quantitative estimate of drug-likeness (QED) is 0.524. The number of nitrogens with two attached hydrogens (primary N) is 1. The summed E-state index contributed by atoms with van der Waals surface area (Å²) >= 11 is 0. The van der Waals surface area contributed by atoms with E-state index >= 15 is 0 Å². The Morgan fingerprint density at radius 3 is 2.36 bits per heavy atom. The molecule has 2 N–H and O–H groups in total. The average molecular weight is 297 g/mol. The number of oxazole rings is 1. The van der Waals surface area contributed by atoms with Gasteiger partial charge in [0.15, 0.2) is 5.76 Å². The Labute approximate surface area is 133 Å². The summed E-state index contributed by atoms with van der Waals surface area (Å²) in [6.07, 6.45) is 0. The van der Waals surface area contributed by atoms with Crippen molar-refractivity contribution >= 4 is 17.8 Å². The summed E-state index contributed by atoms with van der Waals surface area (Å²) in [5.74, 6) is 9.06. The number of hydrogen-bond donors (Lipinski definition) is 1. The average Bonchev–Trinajstić information content (AvgIpc) is 2.78. The highest BCUT2D eigenvalue weighted by Gasteiger charge is 2.51. The summed E-state index contributed by atoms with van der Waals surface area (Å²) in [6.45, 7) is 13.5. The number of aromatic nitrogens is 1. The van der Waals surface area contributed by atoms with E-state index in [1.165, 1.54) is 11.0 Å². The van der Waals surface area contributed by atoms with Gasteiger partial charge in [-0.3, -0.25) is 0 Å². The summed E-state index contributed by atoms with van der Waals surface area (Å²) in [5.41, 5.74) is 3.71. The van der Waals surface area contributed by atoms with E-state index in [-0.39, 0.29) is 18.0 Å². The number of benzene rings is 1. The van der Waals surface area contributed by atoms with E-state index in [2.05, 4.69) is 65.8 Å². The van der Waals surface area contributed by atoms with Gasteiger partial charge in [-0.05, 0) is 33.3 Å². The number of hydrogen-bond acceptors (Lipinski definition) is 2. The normalized spacial score (nSPS) is 16.1. The minimum Gasteiger partial charge on any atom is -0.404 e. The zero-order chi connectivity index (χ0) is 16.2. The maximum absolute atomic E-state index is 6.45. The summed E-state index contributed by atoms with van der Waals surface area (Å²) in [5, 5.41) is 0. The van der Waals surface area contributed by atoms with Crippen molar-refractivity contribution < 1.29 is 9.09 Å². The van der Waals surface area contributed by atoms with Crippen molar-refractivity contribution in [3.63, 3.8) is 0 Å². The Balaban J connectivity index is 2.36. The summed E-state index contributed by atoms with van der Waals surface area (Å²) in [7, 11) is 0. The lowest BCUT2D eigenvalue weighted by molar-refractivity contribution is -0.635. The first-order valence-electron chi connectivity index (χ1n) is 8.20. The Kier molecular flexibility index (Phi) is 3.39. The maximum Gasteiger partial charge on any atom is 0.377 e. The first-order valence-corrected chi connectivity index (χ1v) is 8.20. The van der Waals surface area contributed by atoms with Crippen LogP contribution in [-0.2, 0) is 5.41 Å². The predicted molar refractivity (Wildman–Crippen MR) is 91.8 cm³/mol. The highest BCUT2D eigenvalue weighted by molar-refractivity contribution is 6.86. The van der Waals surface area contributed by atoms with E-state index in [9.17, 15) is 0 Å². The van der Waals surface area contributed by atoms with Crippen molar-refractivity contribution in [1.29, 1.82) is 0 Å². The molecule has 1 aromatic heterocycles. The molecule has 0 radical (unpaired) electrons. The van der Waals surface area contributed by atoms with E-state index in [0.717, 1.165) is 17.2 Å². The standard InChI is InChI=1S/C18H26BN2O/c1-11(2)17-21(20)16-15(22-17)18(5,6)13-9-7-8-10-14(13)19(16)12(3)4/h7-12H,20H2,1-6H3/q+1. The summed E-state index contributed by atoms with van der Waals surface area (Å²) < 4.78 is 8.10. The zero-order valence-corrected chi connectivity index (χ0v) is 14.5. The topological polar surface area (TPSA) is 43.0 Å². The molecule has 1 aliphatic rings. The van der Waals surface area contributed by atoms with Crippen molar-refractivity contribution in [1.82, 2.24) is 0 Å². The molecule has 22 heavy (non-hydrogen) atoms. The molecule has 0 saturated heterocycles. The number of nitrogens with zero attached hydrogens (tertiary/aromatic N) is 1. The molecule has 0 amide bonds. The minimum atomic E-state index is -0.161. The van der Waals surface area contributed by atoms with Crippen molar-refractivity contribution in [3.8, 4) is 0 Å². The van der Waals surface area contributed by atoms with E-state index in [4.69, 9.17) is 10.3 Å². The van der Waals surface area contributed by atoms with Crippen LogP contribution in [0.1, 0.15) is 64.7 Å². The van der Waals surface area contributed by atoms with Crippen LogP contribution in [0, 0.1) is 0 Å². The second-order valence-corrected chi connectivity index (χ2v) is 7.61. The number of fused-ring (bicyclic) bond motifs is 2. The van der Waals surface area contributed by atoms with Crippen molar-refractivity contribution in [3.05, 3.63) is 41.5 Å². The molecule has 3 nitrogen and oxygen atoms in total. The molecule has 1 aromatic carbocycles. The van der Waals surface area contributed by atoms with Crippen molar-refractivity contribution in [2.24, 2.45) is 0 Å². The van der Waals surface area contributed by atoms with Crippen LogP contribution in [0.5, 0.6) is 0 Å². The number of nitrogen functional groups attached to an aromatic ring is 1. The first kappa shape index (κ1) is 15.2. The second kappa shape index (κ2) is 4.90. The molecular formula is C18H26BN2O+. The Morgan fingerprint density at radius 1 is 1.14 bits per heavy atom. The lowest BCUT2D eigenvalue weighted by atomic mass is 9.31. The highest BCUT2D eigenvalue weighted by Crippen LogP contribution is 2.35. The van der Waals surface area contributed by atoms with Crippen LogP contribution in [0.25, 0.3) is 0 Å². The van der Waals surface area contributed by atoms with E-state index in [0.29, 0.717) is 5.82 Å². The molecule has 4 heteroatoms. The van der Waals surface area contributed by atoms with Gasteiger partial charge in [-0.25, -0.2) is 5.84 Å². The Morgan fingerprint density at radius 2 is 1.77 bits per heavy atom. The molecule has 2 aromatic rings. The van der Waals surface area contributed by atoms with Gasteiger partial charge in [0.25, 0.3) is 0 Å². The van der Waals surface area contributed by atoms with Crippen LogP contribution < -0.4 is 21.6 Å². The fourth-order valence-electron chi connectivity index (χ4n) is 3.85. The van der Waals surface area contributed by atoms with E-state index < -0.39 is 0 Å². The smallest absolute Gasteiger partial charge is 0.377 e. The SMILES string of the molecule is CC(C)B1c2ccccc2C(C)(C)c2oc(C(C)C)[n+](N)c21. The molecule has 1 aliphatic heterocycles. The molecule has 3 rings (SSSR count). The van der Waals surface area contributed by atoms with Gasteiger partial charge in [0, 0.05) is 0 Å². The first-order chi connectivity index (χ1) is 10.3. The van der Waals surface area contributed by atoms with E-state index in [1.807, 2.05) is 4.68 Å². The molecule has 0 spiro atoms. The maximum atomic E-state index is 6.45. The summed E-state index contributed by atoms with van der Waals surface area (Å²) in [4.78, 5) is 0. The van der Waals surface area contributed by atoms with Gasteiger partial charge in [-0.1, -0.05) is 54.1 Å². The molecular weight excluding hydrogens is 271 g/mol. The molecule has 0 fully saturated rings. The largest absolute Gasteiger partial charge is 0.404 e. The van der Waals surface area contributed by atoms with Gasteiger partial charge in [0.1, 0.15) is 0 Å². The van der Waals surface area contributed by atoms with Crippen LogP contribution >= 0.6 is 0 Å². The second-order valence-electron chi connectivity index (χ2n) is 7.61. The van der Waals surface area contributed by atoms with Gasteiger partial charge in [-0.2, -0.15) is 0 Å². The molecule has 0 atom stereocenters. The fourth-order valence-corrected chi connectivity index (χ4v) is 3.85. The van der Waals surface area contributed by atoms with Gasteiger partial charge < -0.3 is 4.42 Å². The van der Waals surface area contributed by atoms with Crippen LogP contribution in [0.2, 0.25) is 5.82 Å². The van der Waals surface area contributed by atoms with Gasteiger partial charge in [-0.15, -0.1) is 0 Å². The third-order valence-corrected chi connectivity index (χ3v) is 4.93.